The molecule has 0 N–H and O–H groups in total. The van der Waals surface area contributed by atoms with E-state index in [9.17, 15) is 0 Å². The molecule has 27 heavy (non-hydrogen) atoms. The van der Waals surface area contributed by atoms with Crippen molar-refractivity contribution >= 4 is 56.9 Å². The Bertz CT molecular complexity index is 1190. The minimum absolute atomic E-state index is 0.399. The molecule has 0 atom stereocenters. The van der Waals surface area contributed by atoms with E-state index in [0.29, 0.717) is 5.02 Å². The minimum atomic E-state index is -0.447. The highest BCUT2D eigenvalue weighted by molar-refractivity contribution is 6.66. The number of furan rings is 1. The molecule has 3 aromatic carbocycles. The van der Waals surface area contributed by atoms with E-state index in [1.807, 2.05) is 30.3 Å². The standard InChI is InChI=1S/C22H20BClO3/c1-21(2)22(3,4)27-23(26-21)16-12-15-19-17(24)10-7-11-18(19)25-20(15)14-9-6-5-8-13(14)16/h5-12H,1-4H3. The van der Waals surface area contributed by atoms with E-state index in [1.54, 1.807) is 0 Å². The Labute approximate surface area is 163 Å². The van der Waals surface area contributed by atoms with Crippen LogP contribution in [0.2, 0.25) is 5.02 Å². The maximum absolute atomic E-state index is 6.51. The van der Waals surface area contributed by atoms with Crippen molar-refractivity contribution in [2.75, 3.05) is 0 Å². The van der Waals surface area contributed by atoms with Crippen LogP contribution in [0.4, 0.5) is 0 Å². The summed E-state index contributed by atoms with van der Waals surface area (Å²) >= 11 is 6.51. The van der Waals surface area contributed by atoms with Gasteiger partial charge in [0.15, 0.2) is 0 Å². The normalized spacial score (nSPS) is 18.8. The van der Waals surface area contributed by atoms with Crippen LogP contribution in [0.1, 0.15) is 27.7 Å². The molecule has 1 fully saturated rings. The lowest BCUT2D eigenvalue weighted by atomic mass is 9.75. The molecule has 0 spiro atoms. The third-order valence-corrected chi connectivity index (χ3v) is 6.31. The van der Waals surface area contributed by atoms with E-state index in [0.717, 1.165) is 38.2 Å². The second-order valence-electron chi connectivity index (χ2n) is 8.19. The average molecular weight is 379 g/mol. The lowest BCUT2D eigenvalue weighted by molar-refractivity contribution is 0.00578. The molecule has 1 aromatic heterocycles. The van der Waals surface area contributed by atoms with E-state index in [2.05, 4.69) is 45.9 Å². The third-order valence-electron chi connectivity index (χ3n) is 5.99. The summed E-state index contributed by atoms with van der Waals surface area (Å²) in [6.07, 6.45) is 0. The van der Waals surface area contributed by atoms with Gasteiger partial charge in [0, 0.05) is 16.2 Å². The number of halogens is 1. The van der Waals surface area contributed by atoms with Crippen molar-refractivity contribution in [3.05, 3.63) is 53.6 Å². The molecule has 1 saturated heterocycles. The molecule has 5 heteroatoms. The summed E-state index contributed by atoms with van der Waals surface area (Å²) < 4.78 is 18.9. The van der Waals surface area contributed by atoms with Crippen LogP contribution in [-0.2, 0) is 9.31 Å². The van der Waals surface area contributed by atoms with Gasteiger partial charge in [-0.2, -0.15) is 0 Å². The number of benzene rings is 3. The van der Waals surface area contributed by atoms with Crippen LogP contribution in [0, 0.1) is 0 Å². The summed E-state index contributed by atoms with van der Waals surface area (Å²) in [6.45, 7) is 8.27. The van der Waals surface area contributed by atoms with Crippen LogP contribution < -0.4 is 5.46 Å². The fraction of sp³-hybridized carbons (Fsp3) is 0.273. The van der Waals surface area contributed by atoms with Gasteiger partial charge in [0.1, 0.15) is 11.2 Å². The monoisotopic (exact) mass is 378 g/mol. The molecule has 0 bridgehead atoms. The first-order valence-corrected chi connectivity index (χ1v) is 9.54. The van der Waals surface area contributed by atoms with Crippen LogP contribution in [0.5, 0.6) is 0 Å². The number of hydrogen-bond donors (Lipinski definition) is 0. The smallest absolute Gasteiger partial charge is 0.455 e. The second kappa shape index (κ2) is 5.51. The van der Waals surface area contributed by atoms with E-state index >= 15 is 0 Å². The zero-order valence-electron chi connectivity index (χ0n) is 15.8. The van der Waals surface area contributed by atoms with Crippen molar-refractivity contribution in [3.63, 3.8) is 0 Å². The third kappa shape index (κ3) is 2.37. The molecular formula is C22H20BClO3. The minimum Gasteiger partial charge on any atom is -0.455 e. The first-order valence-electron chi connectivity index (χ1n) is 9.16. The Kier molecular flexibility index (Phi) is 3.49. The van der Waals surface area contributed by atoms with Crippen molar-refractivity contribution in [2.45, 2.75) is 38.9 Å². The van der Waals surface area contributed by atoms with Crippen LogP contribution in [0.15, 0.2) is 52.9 Å². The zero-order chi connectivity index (χ0) is 19.0. The van der Waals surface area contributed by atoms with E-state index in [-0.39, 0.29) is 0 Å². The highest BCUT2D eigenvalue weighted by atomic mass is 35.5. The molecule has 136 valence electrons. The summed E-state index contributed by atoms with van der Waals surface area (Å²) in [4.78, 5) is 0. The summed E-state index contributed by atoms with van der Waals surface area (Å²) in [5, 5.41) is 4.70. The van der Waals surface area contributed by atoms with Gasteiger partial charge in [0.25, 0.3) is 0 Å². The van der Waals surface area contributed by atoms with Gasteiger partial charge in [-0.3, -0.25) is 0 Å². The summed E-state index contributed by atoms with van der Waals surface area (Å²) in [6, 6.07) is 16.1. The number of fused-ring (bicyclic) bond motifs is 5. The van der Waals surface area contributed by atoms with Gasteiger partial charge in [0.05, 0.1) is 16.2 Å². The molecular weight excluding hydrogens is 359 g/mol. The van der Waals surface area contributed by atoms with Crippen LogP contribution >= 0.6 is 11.6 Å². The number of rotatable bonds is 1. The van der Waals surface area contributed by atoms with Crippen LogP contribution in [-0.4, -0.2) is 18.3 Å². The average Bonchev–Trinajstić information content (AvgIpc) is 3.09. The topological polar surface area (TPSA) is 31.6 Å². The molecule has 0 amide bonds. The Balaban J connectivity index is 1.85. The number of hydrogen-bond acceptors (Lipinski definition) is 3. The van der Waals surface area contributed by atoms with Crippen LogP contribution in [0.3, 0.4) is 0 Å². The fourth-order valence-corrected chi connectivity index (χ4v) is 4.07. The van der Waals surface area contributed by atoms with Gasteiger partial charge in [-0.25, -0.2) is 0 Å². The quantitative estimate of drug-likeness (QED) is 0.399. The molecule has 1 aliphatic heterocycles. The van der Waals surface area contributed by atoms with Crippen molar-refractivity contribution in [2.24, 2.45) is 0 Å². The maximum Gasteiger partial charge on any atom is 0.495 e. The highest BCUT2D eigenvalue weighted by Crippen LogP contribution is 2.40. The second-order valence-corrected chi connectivity index (χ2v) is 8.60. The molecule has 2 heterocycles. The van der Waals surface area contributed by atoms with Crippen molar-refractivity contribution < 1.29 is 13.7 Å². The van der Waals surface area contributed by atoms with Crippen LogP contribution in [0.25, 0.3) is 32.7 Å². The Morgan fingerprint density at radius 1 is 0.815 bits per heavy atom. The first kappa shape index (κ1) is 17.1. The van der Waals surface area contributed by atoms with Gasteiger partial charge in [-0.15, -0.1) is 0 Å². The van der Waals surface area contributed by atoms with E-state index in [1.165, 1.54) is 0 Å². The predicted molar refractivity (Wildman–Crippen MR) is 112 cm³/mol. The van der Waals surface area contributed by atoms with Crippen molar-refractivity contribution in [1.82, 2.24) is 0 Å². The molecule has 4 aromatic rings. The SMILES string of the molecule is CC1(C)OB(c2cc3c(oc4cccc(Cl)c43)c3ccccc23)OC1(C)C. The summed E-state index contributed by atoms with van der Waals surface area (Å²) in [5.74, 6) is 0. The summed E-state index contributed by atoms with van der Waals surface area (Å²) in [7, 11) is -0.447. The van der Waals surface area contributed by atoms with Gasteiger partial charge in [-0.1, -0.05) is 48.0 Å². The van der Waals surface area contributed by atoms with E-state index in [4.69, 9.17) is 25.3 Å². The lowest BCUT2D eigenvalue weighted by Crippen LogP contribution is -2.41. The van der Waals surface area contributed by atoms with Gasteiger partial charge in [-0.05, 0) is 50.7 Å². The van der Waals surface area contributed by atoms with Gasteiger partial charge in [0.2, 0.25) is 0 Å². The van der Waals surface area contributed by atoms with Gasteiger partial charge >= 0.3 is 7.12 Å². The lowest BCUT2D eigenvalue weighted by Gasteiger charge is -2.32. The van der Waals surface area contributed by atoms with E-state index < -0.39 is 18.3 Å². The highest BCUT2D eigenvalue weighted by Gasteiger charge is 2.52. The van der Waals surface area contributed by atoms with Gasteiger partial charge < -0.3 is 13.7 Å². The Morgan fingerprint density at radius 2 is 1.48 bits per heavy atom. The summed E-state index contributed by atoms with van der Waals surface area (Å²) in [5.41, 5.74) is 1.83. The fourth-order valence-electron chi connectivity index (χ4n) is 3.80. The molecule has 1 aliphatic rings. The maximum atomic E-state index is 6.51. The molecule has 3 nitrogen and oxygen atoms in total. The molecule has 5 rings (SSSR count). The molecule has 0 unspecified atom stereocenters. The van der Waals surface area contributed by atoms with Crippen molar-refractivity contribution in [3.8, 4) is 0 Å². The molecule has 0 aliphatic carbocycles. The molecule has 0 saturated carbocycles. The predicted octanol–water partition coefficient (Wildman–Crippen LogP) is 5.69. The largest absolute Gasteiger partial charge is 0.495 e. The first-order chi connectivity index (χ1) is 12.8. The Hall–Kier alpha value is -2.01. The molecule has 0 radical (unpaired) electrons. The Morgan fingerprint density at radius 3 is 2.19 bits per heavy atom. The van der Waals surface area contributed by atoms with Crippen molar-refractivity contribution in [1.29, 1.82) is 0 Å². The zero-order valence-corrected chi connectivity index (χ0v) is 16.6.